The maximum absolute atomic E-state index is 11.6. The fraction of sp³-hybridized carbons (Fsp3) is 0.333. The van der Waals surface area contributed by atoms with Crippen molar-refractivity contribution in [1.82, 2.24) is 5.32 Å². The van der Waals surface area contributed by atoms with E-state index >= 15 is 0 Å². The molecule has 0 fully saturated rings. The van der Waals surface area contributed by atoms with E-state index in [0.29, 0.717) is 6.42 Å². The van der Waals surface area contributed by atoms with Crippen molar-refractivity contribution in [1.29, 1.82) is 5.41 Å². The Balaban J connectivity index is 2.58. The number of anilines is 1. The van der Waals surface area contributed by atoms with Gasteiger partial charge in [0.25, 0.3) is 0 Å². The molecule has 1 unspecified atom stereocenters. The Bertz CT molecular complexity index is 417. The smallest absolute Gasteiger partial charge is 0.319 e. The number of amides is 2. The lowest BCUT2D eigenvalue weighted by Crippen LogP contribution is -2.45. The van der Waals surface area contributed by atoms with E-state index in [-0.39, 0.29) is 11.9 Å². The second-order valence-corrected chi connectivity index (χ2v) is 3.88. The Labute approximate surface area is 101 Å². The van der Waals surface area contributed by atoms with Crippen LogP contribution in [0.4, 0.5) is 10.5 Å². The predicted molar refractivity (Wildman–Crippen MR) is 69.3 cm³/mol. The number of hydrogen-bond acceptors (Lipinski definition) is 2. The number of aryl methyl sites for hydroxylation is 1. The third-order valence-electron chi connectivity index (χ3n) is 2.36. The van der Waals surface area contributed by atoms with Gasteiger partial charge >= 0.3 is 6.03 Å². The van der Waals surface area contributed by atoms with Gasteiger partial charge in [-0.3, -0.25) is 5.41 Å². The molecule has 1 atom stereocenters. The molecule has 0 radical (unpaired) electrons. The second kappa shape index (κ2) is 5.89. The topological polar surface area (TPSA) is 91.0 Å². The van der Waals surface area contributed by atoms with Crippen LogP contribution in [0.5, 0.6) is 0 Å². The molecule has 0 bridgehead atoms. The van der Waals surface area contributed by atoms with E-state index in [1.54, 1.807) is 6.07 Å². The summed E-state index contributed by atoms with van der Waals surface area (Å²) < 4.78 is 0. The van der Waals surface area contributed by atoms with Crippen LogP contribution < -0.4 is 16.4 Å². The van der Waals surface area contributed by atoms with Crippen LogP contribution in [0, 0.1) is 12.3 Å². The lowest BCUT2D eigenvalue weighted by atomic mass is 10.2. The van der Waals surface area contributed by atoms with Gasteiger partial charge in [-0.2, -0.15) is 0 Å². The molecule has 1 aromatic rings. The number of hydrogen-bond donors (Lipinski definition) is 4. The molecule has 0 saturated carbocycles. The normalized spacial score (nSPS) is 11.6. The predicted octanol–water partition coefficient (Wildman–Crippen LogP) is 1.83. The molecule has 0 aromatic heterocycles. The van der Waals surface area contributed by atoms with Crippen LogP contribution in [0.2, 0.25) is 0 Å². The van der Waals surface area contributed by atoms with E-state index in [9.17, 15) is 4.79 Å². The van der Waals surface area contributed by atoms with Gasteiger partial charge in [0.1, 0.15) is 5.84 Å². The van der Waals surface area contributed by atoms with Gasteiger partial charge in [-0.15, -0.1) is 0 Å². The Morgan fingerprint density at radius 2 is 2.24 bits per heavy atom. The Hall–Kier alpha value is -2.04. The highest BCUT2D eigenvalue weighted by Gasteiger charge is 2.12. The number of carbonyl (C=O) groups is 1. The first-order chi connectivity index (χ1) is 8.02. The van der Waals surface area contributed by atoms with Gasteiger partial charge in [-0.05, 0) is 31.0 Å². The Morgan fingerprint density at radius 3 is 2.76 bits per heavy atom. The van der Waals surface area contributed by atoms with Crippen LogP contribution >= 0.6 is 0 Å². The van der Waals surface area contributed by atoms with Gasteiger partial charge in [-0.25, -0.2) is 4.79 Å². The maximum Gasteiger partial charge on any atom is 0.319 e. The molecule has 0 aliphatic rings. The van der Waals surface area contributed by atoms with Crippen molar-refractivity contribution in [3.63, 3.8) is 0 Å². The number of amidine groups is 1. The largest absolute Gasteiger partial charge is 0.386 e. The van der Waals surface area contributed by atoms with Crippen molar-refractivity contribution >= 4 is 17.6 Å². The summed E-state index contributed by atoms with van der Waals surface area (Å²) in [5.41, 5.74) is 7.15. The molecule has 0 heterocycles. The SMILES string of the molecule is CCC(NC(=O)Nc1cccc(C)c1)C(=N)N. The monoisotopic (exact) mass is 234 g/mol. The summed E-state index contributed by atoms with van der Waals surface area (Å²) in [6, 6.07) is 6.73. The molecular formula is C12H18N4O. The standard InChI is InChI=1S/C12H18N4O/c1-3-10(11(13)14)16-12(17)15-9-6-4-5-8(2)7-9/h4-7,10H,3H2,1-2H3,(H3,13,14)(H2,15,16,17). The van der Waals surface area contributed by atoms with Crippen LogP contribution in [0.1, 0.15) is 18.9 Å². The van der Waals surface area contributed by atoms with Gasteiger partial charge in [-0.1, -0.05) is 19.1 Å². The van der Waals surface area contributed by atoms with Crippen molar-refractivity contribution in [2.75, 3.05) is 5.32 Å². The van der Waals surface area contributed by atoms with E-state index in [0.717, 1.165) is 11.3 Å². The average Bonchev–Trinajstić information content (AvgIpc) is 2.25. The van der Waals surface area contributed by atoms with Gasteiger partial charge in [0.15, 0.2) is 0 Å². The fourth-order valence-electron chi connectivity index (χ4n) is 1.45. The maximum atomic E-state index is 11.6. The Morgan fingerprint density at radius 1 is 1.53 bits per heavy atom. The fourth-order valence-corrected chi connectivity index (χ4v) is 1.45. The first-order valence-electron chi connectivity index (χ1n) is 5.51. The molecule has 0 aliphatic heterocycles. The van der Waals surface area contributed by atoms with E-state index in [1.165, 1.54) is 0 Å². The van der Waals surface area contributed by atoms with Crippen LogP contribution in [0.25, 0.3) is 0 Å². The molecular weight excluding hydrogens is 216 g/mol. The third-order valence-corrected chi connectivity index (χ3v) is 2.36. The highest BCUT2D eigenvalue weighted by Crippen LogP contribution is 2.09. The number of rotatable bonds is 4. The molecule has 1 rings (SSSR count). The van der Waals surface area contributed by atoms with Crippen LogP contribution in [0.3, 0.4) is 0 Å². The molecule has 0 spiro atoms. The minimum Gasteiger partial charge on any atom is -0.386 e. The highest BCUT2D eigenvalue weighted by molar-refractivity contribution is 5.94. The minimum atomic E-state index is -0.417. The number of nitrogens with two attached hydrogens (primary N) is 1. The van der Waals surface area contributed by atoms with E-state index in [1.807, 2.05) is 32.0 Å². The summed E-state index contributed by atoms with van der Waals surface area (Å²) in [4.78, 5) is 11.6. The lowest BCUT2D eigenvalue weighted by Gasteiger charge is -2.15. The highest BCUT2D eigenvalue weighted by atomic mass is 16.2. The average molecular weight is 234 g/mol. The first kappa shape index (κ1) is 13.0. The molecule has 5 nitrogen and oxygen atoms in total. The lowest BCUT2D eigenvalue weighted by molar-refractivity contribution is 0.250. The van der Waals surface area contributed by atoms with E-state index in [4.69, 9.17) is 11.1 Å². The second-order valence-electron chi connectivity index (χ2n) is 3.88. The summed E-state index contributed by atoms with van der Waals surface area (Å²) >= 11 is 0. The quantitative estimate of drug-likeness (QED) is 0.473. The van der Waals surface area contributed by atoms with Gasteiger partial charge in [0, 0.05) is 5.69 Å². The number of urea groups is 1. The van der Waals surface area contributed by atoms with Crippen molar-refractivity contribution in [2.24, 2.45) is 5.73 Å². The zero-order valence-electron chi connectivity index (χ0n) is 10.1. The van der Waals surface area contributed by atoms with Gasteiger partial charge in [0.2, 0.25) is 0 Å². The molecule has 2 amide bonds. The molecule has 5 N–H and O–H groups in total. The molecule has 1 aromatic carbocycles. The summed E-state index contributed by atoms with van der Waals surface area (Å²) in [6.07, 6.45) is 0.594. The van der Waals surface area contributed by atoms with Gasteiger partial charge in [0.05, 0.1) is 6.04 Å². The molecule has 0 saturated heterocycles. The van der Waals surface area contributed by atoms with E-state index < -0.39 is 6.04 Å². The van der Waals surface area contributed by atoms with E-state index in [2.05, 4.69) is 10.6 Å². The zero-order chi connectivity index (χ0) is 12.8. The molecule has 17 heavy (non-hydrogen) atoms. The zero-order valence-corrected chi connectivity index (χ0v) is 10.1. The van der Waals surface area contributed by atoms with Crippen LogP contribution in [-0.4, -0.2) is 17.9 Å². The third kappa shape index (κ3) is 4.14. The summed E-state index contributed by atoms with van der Waals surface area (Å²) in [5, 5.41) is 12.6. The Kier molecular flexibility index (Phi) is 4.51. The summed E-state index contributed by atoms with van der Waals surface area (Å²) in [6.45, 7) is 3.81. The van der Waals surface area contributed by atoms with Gasteiger partial charge < -0.3 is 16.4 Å². The van der Waals surface area contributed by atoms with Crippen molar-refractivity contribution in [3.05, 3.63) is 29.8 Å². The number of carbonyl (C=O) groups excluding carboxylic acids is 1. The molecule has 5 heteroatoms. The summed E-state index contributed by atoms with van der Waals surface area (Å²) in [7, 11) is 0. The molecule has 92 valence electrons. The first-order valence-corrected chi connectivity index (χ1v) is 5.51. The van der Waals surface area contributed by atoms with Crippen molar-refractivity contribution in [2.45, 2.75) is 26.3 Å². The number of nitrogens with one attached hydrogen (secondary N) is 3. The minimum absolute atomic E-state index is 0.0353. The van der Waals surface area contributed by atoms with Crippen LogP contribution in [0.15, 0.2) is 24.3 Å². The molecule has 0 aliphatic carbocycles. The number of benzene rings is 1. The van der Waals surface area contributed by atoms with Crippen molar-refractivity contribution in [3.8, 4) is 0 Å². The van der Waals surface area contributed by atoms with Crippen molar-refractivity contribution < 1.29 is 4.79 Å². The summed E-state index contributed by atoms with van der Waals surface area (Å²) in [5.74, 6) is -0.0353. The van der Waals surface area contributed by atoms with Crippen LogP contribution in [-0.2, 0) is 0 Å².